The zero-order valence-corrected chi connectivity index (χ0v) is 13.0. The summed E-state index contributed by atoms with van der Waals surface area (Å²) in [5, 5.41) is 3.65. The molecule has 0 saturated carbocycles. The zero-order chi connectivity index (χ0) is 15.2. The van der Waals surface area contributed by atoms with Crippen LogP contribution in [0.4, 0.5) is 4.39 Å². The predicted molar refractivity (Wildman–Crippen MR) is 84.4 cm³/mol. The highest BCUT2D eigenvalue weighted by Gasteiger charge is 2.09. The monoisotopic (exact) mass is 307 g/mol. The zero-order valence-electron chi connectivity index (χ0n) is 12.2. The van der Waals surface area contributed by atoms with E-state index in [1.807, 2.05) is 38.1 Å². The summed E-state index contributed by atoms with van der Waals surface area (Å²) < 4.78 is 19.3. The van der Waals surface area contributed by atoms with Crippen LogP contribution in [0.5, 0.6) is 5.75 Å². The molecule has 0 aliphatic carbocycles. The first kappa shape index (κ1) is 15.8. The van der Waals surface area contributed by atoms with Crippen LogP contribution in [0.1, 0.15) is 18.1 Å². The molecule has 1 atom stereocenters. The van der Waals surface area contributed by atoms with E-state index in [4.69, 9.17) is 16.3 Å². The van der Waals surface area contributed by atoms with Gasteiger partial charge in [0.25, 0.3) is 0 Å². The van der Waals surface area contributed by atoms with Gasteiger partial charge in [0.1, 0.15) is 18.2 Å². The van der Waals surface area contributed by atoms with Gasteiger partial charge in [-0.15, -0.1) is 0 Å². The molecule has 4 heteroatoms. The van der Waals surface area contributed by atoms with Crippen molar-refractivity contribution in [3.8, 4) is 5.75 Å². The number of aryl methyl sites for hydroxylation is 1. The van der Waals surface area contributed by atoms with Crippen LogP contribution in [0.2, 0.25) is 5.02 Å². The van der Waals surface area contributed by atoms with E-state index in [1.165, 1.54) is 11.6 Å². The third-order valence-electron chi connectivity index (χ3n) is 3.21. The topological polar surface area (TPSA) is 21.3 Å². The van der Waals surface area contributed by atoms with E-state index < -0.39 is 0 Å². The first-order valence-corrected chi connectivity index (χ1v) is 7.30. The van der Waals surface area contributed by atoms with E-state index >= 15 is 0 Å². The second kappa shape index (κ2) is 7.43. The van der Waals surface area contributed by atoms with Crippen LogP contribution < -0.4 is 10.1 Å². The molecule has 0 radical (unpaired) electrons. The highest BCUT2D eigenvalue weighted by Crippen LogP contribution is 2.18. The van der Waals surface area contributed by atoms with E-state index in [0.717, 1.165) is 5.75 Å². The van der Waals surface area contributed by atoms with E-state index in [1.54, 1.807) is 12.1 Å². The van der Waals surface area contributed by atoms with Crippen LogP contribution in [0.25, 0.3) is 0 Å². The molecule has 0 heterocycles. The van der Waals surface area contributed by atoms with Crippen molar-refractivity contribution in [2.75, 3.05) is 6.61 Å². The summed E-state index contributed by atoms with van der Waals surface area (Å²) in [4.78, 5) is 0. The quantitative estimate of drug-likeness (QED) is 0.857. The Kier molecular flexibility index (Phi) is 5.59. The fourth-order valence-electron chi connectivity index (χ4n) is 1.89. The summed E-state index contributed by atoms with van der Waals surface area (Å²) in [6.07, 6.45) is 0. The molecule has 0 aliphatic rings. The van der Waals surface area contributed by atoms with E-state index in [2.05, 4.69) is 5.32 Å². The Morgan fingerprint density at radius 2 is 1.90 bits per heavy atom. The van der Waals surface area contributed by atoms with Gasteiger partial charge in [-0.3, -0.25) is 0 Å². The second-order valence-electron chi connectivity index (χ2n) is 5.11. The Morgan fingerprint density at radius 3 is 2.57 bits per heavy atom. The molecular formula is C17H19ClFNO. The summed E-state index contributed by atoms with van der Waals surface area (Å²) in [5.41, 5.74) is 1.68. The van der Waals surface area contributed by atoms with Crippen LogP contribution in [-0.4, -0.2) is 12.6 Å². The summed E-state index contributed by atoms with van der Waals surface area (Å²) in [5.74, 6) is 0.542. The standard InChI is InChI=1S/C17H19ClFNO/c1-12-6-8-14(9-7-12)21-11-13(2)20-10-15-16(18)4-3-5-17(15)19/h3-9,13,20H,10-11H2,1-2H3. The maximum atomic E-state index is 13.6. The van der Waals surface area contributed by atoms with Crippen molar-refractivity contribution in [2.45, 2.75) is 26.4 Å². The molecule has 1 N–H and O–H groups in total. The van der Waals surface area contributed by atoms with Crippen molar-refractivity contribution in [3.63, 3.8) is 0 Å². The van der Waals surface area contributed by atoms with E-state index in [9.17, 15) is 4.39 Å². The molecule has 0 amide bonds. The Labute approximate surface area is 129 Å². The lowest BCUT2D eigenvalue weighted by Crippen LogP contribution is -2.31. The number of hydrogen-bond acceptors (Lipinski definition) is 2. The molecule has 2 nitrogen and oxygen atoms in total. The Bertz CT molecular complexity index is 566. The average molecular weight is 308 g/mol. The molecule has 0 spiro atoms. The minimum atomic E-state index is -0.290. The van der Waals surface area contributed by atoms with Gasteiger partial charge in [-0.2, -0.15) is 0 Å². The van der Waals surface area contributed by atoms with Gasteiger partial charge in [0.05, 0.1) is 0 Å². The molecule has 2 aromatic carbocycles. The smallest absolute Gasteiger partial charge is 0.129 e. The van der Waals surface area contributed by atoms with Gasteiger partial charge < -0.3 is 10.1 Å². The summed E-state index contributed by atoms with van der Waals surface area (Å²) in [6.45, 7) is 4.91. The number of nitrogens with one attached hydrogen (secondary N) is 1. The second-order valence-corrected chi connectivity index (χ2v) is 5.51. The van der Waals surface area contributed by atoms with Gasteiger partial charge in [0, 0.05) is 23.2 Å². The molecule has 0 saturated heterocycles. The maximum absolute atomic E-state index is 13.6. The lowest BCUT2D eigenvalue weighted by Gasteiger charge is -2.16. The number of rotatable bonds is 6. The highest BCUT2D eigenvalue weighted by molar-refractivity contribution is 6.31. The molecule has 2 rings (SSSR count). The highest BCUT2D eigenvalue weighted by atomic mass is 35.5. The molecular weight excluding hydrogens is 289 g/mol. The third kappa shape index (κ3) is 4.73. The molecule has 0 bridgehead atoms. The van der Waals surface area contributed by atoms with Crippen molar-refractivity contribution in [1.29, 1.82) is 0 Å². The van der Waals surface area contributed by atoms with Gasteiger partial charge in [0.15, 0.2) is 0 Å². The Balaban J connectivity index is 1.82. The van der Waals surface area contributed by atoms with Gasteiger partial charge >= 0.3 is 0 Å². The average Bonchev–Trinajstić information content (AvgIpc) is 2.46. The lowest BCUT2D eigenvalue weighted by molar-refractivity contribution is 0.272. The fourth-order valence-corrected chi connectivity index (χ4v) is 2.12. The van der Waals surface area contributed by atoms with Crippen LogP contribution >= 0.6 is 11.6 Å². The largest absolute Gasteiger partial charge is 0.492 e. The number of halogens is 2. The number of hydrogen-bond donors (Lipinski definition) is 1. The first-order chi connectivity index (χ1) is 10.1. The van der Waals surface area contributed by atoms with Crippen molar-refractivity contribution in [3.05, 3.63) is 64.4 Å². The maximum Gasteiger partial charge on any atom is 0.129 e. The summed E-state index contributed by atoms with van der Waals surface area (Å²) in [7, 11) is 0. The summed E-state index contributed by atoms with van der Waals surface area (Å²) in [6, 6.07) is 12.7. The SMILES string of the molecule is Cc1ccc(OCC(C)NCc2c(F)cccc2Cl)cc1. The predicted octanol–water partition coefficient (Wildman–Crippen LogP) is 4.34. The minimum absolute atomic E-state index is 0.0852. The molecule has 1 unspecified atom stereocenters. The van der Waals surface area contributed by atoms with Crippen molar-refractivity contribution in [1.82, 2.24) is 5.32 Å². The molecule has 112 valence electrons. The first-order valence-electron chi connectivity index (χ1n) is 6.92. The fraction of sp³-hybridized carbons (Fsp3) is 0.294. The van der Waals surface area contributed by atoms with Crippen LogP contribution in [-0.2, 0) is 6.54 Å². The molecule has 21 heavy (non-hydrogen) atoms. The normalized spacial score (nSPS) is 12.2. The van der Waals surface area contributed by atoms with Gasteiger partial charge in [-0.1, -0.05) is 35.4 Å². The van der Waals surface area contributed by atoms with Gasteiger partial charge in [-0.05, 0) is 38.1 Å². The van der Waals surface area contributed by atoms with Crippen molar-refractivity contribution < 1.29 is 9.13 Å². The number of benzene rings is 2. The molecule has 2 aromatic rings. The van der Waals surface area contributed by atoms with Gasteiger partial charge in [-0.25, -0.2) is 4.39 Å². The van der Waals surface area contributed by atoms with E-state index in [0.29, 0.717) is 23.7 Å². The van der Waals surface area contributed by atoms with Crippen LogP contribution in [0.3, 0.4) is 0 Å². The molecule has 0 aliphatic heterocycles. The van der Waals surface area contributed by atoms with Crippen molar-refractivity contribution in [2.24, 2.45) is 0 Å². The number of ether oxygens (including phenoxy) is 1. The van der Waals surface area contributed by atoms with Crippen molar-refractivity contribution >= 4 is 11.6 Å². The van der Waals surface area contributed by atoms with Gasteiger partial charge in [0.2, 0.25) is 0 Å². The molecule has 0 aromatic heterocycles. The Hall–Kier alpha value is -1.58. The Morgan fingerprint density at radius 1 is 1.19 bits per heavy atom. The minimum Gasteiger partial charge on any atom is -0.492 e. The van der Waals surface area contributed by atoms with E-state index in [-0.39, 0.29) is 11.9 Å². The third-order valence-corrected chi connectivity index (χ3v) is 3.56. The summed E-state index contributed by atoms with van der Waals surface area (Å²) >= 11 is 5.99. The van der Waals surface area contributed by atoms with Crippen LogP contribution in [0, 0.1) is 12.7 Å². The van der Waals surface area contributed by atoms with Crippen LogP contribution in [0.15, 0.2) is 42.5 Å². The molecule has 0 fully saturated rings. The lowest BCUT2D eigenvalue weighted by atomic mass is 10.2.